The molecule has 0 atom stereocenters. The fourth-order valence-corrected chi connectivity index (χ4v) is 2.39. The largest absolute Gasteiger partial charge is 0.206 e. The lowest BCUT2D eigenvalue weighted by atomic mass is 10.1. The van der Waals surface area contributed by atoms with Crippen molar-refractivity contribution in [2.45, 2.75) is 0 Å². The molecule has 0 aliphatic carbocycles. The molecule has 0 saturated carbocycles. The molecule has 98 valence electrons. The highest BCUT2D eigenvalue weighted by atomic mass is 79.9. The van der Waals surface area contributed by atoms with E-state index in [1.54, 1.807) is 6.08 Å². The Morgan fingerprint density at radius 1 is 0.850 bits per heavy atom. The van der Waals surface area contributed by atoms with Crippen LogP contribution in [0.1, 0.15) is 11.1 Å². The molecule has 2 heteroatoms. The Bertz CT molecular complexity index is 773. The van der Waals surface area contributed by atoms with Gasteiger partial charge in [0, 0.05) is 10.0 Å². The van der Waals surface area contributed by atoms with Crippen LogP contribution in [0.5, 0.6) is 0 Å². The molecular weight excluding hydrogens is 315 g/mol. The molecule has 0 radical (unpaired) electrons. The van der Waals surface area contributed by atoms with Crippen molar-refractivity contribution in [2.75, 3.05) is 0 Å². The first-order valence-electron chi connectivity index (χ1n) is 6.34. The molecule has 0 bridgehead atoms. The number of benzene rings is 3. The van der Waals surface area contributed by atoms with E-state index in [-0.39, 0.29) is 5.83 Å². The van der Waals surface area contributed by atoms with Crippen molar-refractivity contribution >= 4 is 38.6 Å². The summed E-state index contributed by atoms with van der Waals surface area (Å²) in [5.41, 5.74) is 1.45. The predicted octanol–water partition coefficient (Wildman–Crippen LogP) is 6.07. The van der Waals surface area contributed by atoms with Gasteiger partial charge in [0.1, 0.15) is 5.83 Å². The summed E-state index contributed by atoms with van der Waals surface area (Å²) in [6.45, 7) is 0. The molecule has 0 amide bonds. The Balaban J connectivity index is 1.99. The van der Waals surface area contributed by atoms with Gasteiger partial charge in [-0.3, -0.25) is 0 Å². The van der Waals surface area contributed by atoms with Gasteiger partial charge in [-0.05, 0) is 40.6 Å². The highest BCUT2D eigenvalue weighted by Gasteiger charge is 2.02. The molecule has 0 heterocycles. The molecular formula is C18H12BrF. The van der Waals surface area contributed by atoms with Crippen molar-refractivity contribution in [1.29, 1.82) is 0 Å². The van der Waals surface area contributed by atoms with Crippen LogP contribution in [0.15, 0.2) is 71.2 Å². The van der Waals surface area contributed by atoms with Gasteiger partial charge in [-0.25, -0.2) is 4.39 Å². The highest BCUT2D eigenvalue weighted by Crippen LogP contribution is 2.24. The van der Waals surface area contributed by atoms with E-state index >= 15 is 0 Å². The molecule has 0 spiro atoms. The lowest BCUT2D eigenvalue weighted by Gasteiger charge is -2.02. The van der Waals surface area contributed by atoms with E-state index in [0.717, 1.165) is 20.8 Å². The van der Waals surface area contributed by atoms with Crippen LogP contribution in [0.4, 0.5) is 4.39 Å². The van der Waals surface area contributed by atoms with Crippen molar-refractivity contribution in [2.24, 2.45) is 0 Å². The van der Waals surface area contributed by atoms with Crippen LogP contribution >= 0.6 is 15.9 Å². The second-order valence-electron chi connectivity index (χ2n) is 4.61. The van der Waals surface area contributed by atoms with E-state index in [9.17, 15) is 4.39 Å². The summed E-state index contributed by atoms with van der Waals surface area (Å²) in [5.74, 6) is -0.224. The van der Waals surface area contributed by atoms with Crippen molar-refractivity contribution < 1.29 is 4.39 Å². The third-order valence-electron chi connectivity index (χ3n) is 3.19. The minimum Gasteiger partial charge on any atom is -0.206 e. The molecule has 3 aromatic rings. The van der Waals surface area contributed by atoms with E-state index in [1.807, 2.05) is 66.7 Å². The Hall–Kier alpha value is -1.93. The van der Waals surface area contributed by atoms with Crippen molar-refractivity contribution in [1.82, 2.24) is 0 Å². The number of rotatable bonds is 2. The van der Waals surface area contributed by atoms with E-state index in [4.69, 9.17) is 0 Å². The topological polar surface area (TPSA) is 0 Å². The average Bonchev–Trinajstić information content (AvgIpc) is 2.49. The Morgan fingerprint density at radius 2 is 1.55 bits per heavy atom. The molecule has 0 N–H and O–H groups in total. The van der Waals surface area contributed by atoms with Gasteiger partial charge >= 0.3 is 0 Å². The molecule has 0 nitrogen and oxygen atoms in total. The maximum Gasteiger partial charge on any atom is 0.131 e. The van der Waals surface area contributed by atoms with E-state index in [2.05, 4.69) is 15.9 Å². The van der Waals surface area contributed by atoms with Crippen LogP contribution in [0.25, 0.3) is 22.7 Å². The van der Waals surface area contributed by atoms with Crippen LogP contribution in [0.3, 0.4) is 0 Å². The Kier molecular flexibility index (Phi) is 3.66. The van der Waals surface area contributed by atoms with Gasteiger partial charge in [-0.15, -0.1) is 0 Å². The molecule has 3 aromatic carbocycles. The highest BCUT2D eigenvalue weighted by molar-refractivity contribution is 9.10. The molecule has 3 rings (SSSR count). The van der Waals surface area contributed by atoms with E-state index < -0.39 is 0 Å². The molecule has 0 aliphatic rings. The zero-order chi connectivity index (χ0) is 13.9. The van der Waals surface area contributed by atoms with Gasteiger partial charge in [0.05, 0.1) is 0 Å². The summed E-state index contributed by atoms with van der Waals surface area (Å²) in [6.07, 6.45) is 1.55. The van der Waals surface area contributed by atoms with Crippen molar-refractivity contribution in [3.05, 3.63) is 82.3 Å². The molecule has 0 aromatic heterocycles. The zero-order valence-electron chi connectivity index (χ0n) is 10.7. The maximum atomic E-state index is 14.3. The first-order valence-corrected chi connectivity index (χ1v) is 7.14. The van der Waals surface area contributed by atoms with Gasteiger partial charge in [-0.2, -0.15) is 0 Å². The van der Waals surface area contributed by atoms with Crippen LogP contribution in [0, 0.1) is 0 Å². The fraction of sp³-hybridized carbons (Fsp3) is 0. The molecule has 0 saturated heterocycles. The predicted molar refractivity (Wildman–Crippen MR) is 87.1 cm³/mol. The third-order valence-corrected chi connectivity index (χ3v) is 3.72. The normalized spacial score (nSPS) is 11.8. The molecule has 0 fully saturated rings. The summed E-state index contributed by atoms with van der Waals surface area (Å²) >= 11 is 3.37. The number of fused-ring (bicyclic) bond motifs is 1. The smallest absolute Gasteiger partial charge is 0.131 e. The summed E-state index contributed by atoms with van der Waals surface area (Å²) in [7, 11) is 0. The van der Waals surface area contributed by atoms with Crippen LogP contribution in [-0.2, 0) is 0 Å². The van der Waals surface area contributed by atoms with Gasteiger partial charge in [-0.1, -0.05) is 64.5 Å². The SMILES string of the molecule is F/C(=C\c1ccc(Br)cc1)c1ccc2ccccc2c1. The molecule has 0 unspecified atom stereocenters. The van der Waals surface area contributed by atoms with Crippen LogP contribution in [-0.4, -0.2) is 0 Å². The number of hydrogen-bond donors (Lipinski definition) is 0. The van der Waals surface area contributed by atoms with Crippen molar-refractivity contribution in [3.8, 4) is 0 Å². The maximum absolute atomic E-state index is 14.3. The first-order chi connectivity index (χ1) is 9.72. The summed E-state index contributed by atoms with van der Waals surface area (Å²) in [4.78, 5) is 0. The van der Waals surface area contributed by atoms with Gasteiger partial charge in [0.25, 0.3) is 0 Å². The monoisotopic (exact) mass is 326 g/mol. The van der Waals surface area contributed by atoms with Gasteiger partial charge in [0.2, 0.25) is 0 Å². The van der Waals surface area contributed by atoms with E-state index in [0.29, 0.717) is 5.56 Å². The minimum absolute atomic E-state index is 0.224. The standard InChI is InChI=1S/C18H12BrF/c19-17-9-5-13(6-10-17)11-18(20)16-8-7-14-3-1-2-4-15(14)12-16/h1-12H/b18-11-. The second-order valence-corrected chi connectivity index (χ2v) is 5.52. The number of hydrogen-bond acceptors (Lipinski definition) is 0. The van der Waals surface area contributed by atoms with Crippen molar-refractivity contribution in [3.63, 3.8) is 0 Å². The van der Waals surface area contributed by atoms with Crippen LogP contribution in [0.2, 0.25) is 0 Å². The third kappa shape index (κ3) is 2.81. The Labute approximate surface area is 125 Å². The fourth-order valence-electron chi connectivity index (χ4n) is 2.13. The van der Waals surface area contributed by atoms with Gasteiger partial charge < -0.3 is 0 Å². The molecule has 0 aliphatic heterocycles. The lowest BCUT2D eigenvalue weighted by Crippen LogP contribution is -1.80. The molecule has 20 heavy (non-hydrogen) atoms. The Morgan fingerprint density at radius 3 is 2.30 bits per heavy atom. The first kappa shape index (κ1) is 13.1. The van der Waals surface area contributed by atoms with Crippen LogP contribution < -0.4 is 0 Å². The lowest BCUT2D eigenvalue weighted by molar-refractivity contribution is 0.765. The summed E-state index contributed by atoms with van der Waals surface area (Å²) in [6, 6.07) is 21.2. The quantitative estimate of drug-likeness (QED) is 0.501. The summed E-state index contributed by atoms with van der Waals surface area (Å²) in [5, 5.41) is 2.16. The summed E-state index contributed by atoms with van der Waals surface area (Å²) < 4.78 is 15.3. The number of halogens is 2. The average molecular weight is 327 g/mol. The van der Waals surface area contributed by atoms with E-state index in [1.165, 1.54) is 0 Å². The second kappa shape index (κ2) is 5.59. The minimum atomic E-state index is -0.224. The zero-order valence-corrected chi connectivity index (χ0v) is 12.3. The van der Waals surface area contributed by atoms with Gasteiger partial charge in [0.15, 0.2) is 0 Å².